The molecule has 0 amide bonds. The molecule has 1 heterocycles. The van der Waals surface area contributed by atoms with Gasteiger partial charge in [0.05, 0.1) is 12.0 Å². The summed E-state index contributed by atoms with van der Waals surface area (Å²) >= 11 is 1.80. The molecule has 0 aliphatic heterocycles. The lowest BCUT2D eigenvalue weighted by atomic mass is 10.1. The molecule has 1 atom stereocenters. The molecule has 16 heavy (non-hydrogen) atoms. The van der Waals surface area contributed by atoms with Gasteiger partial charge in [0.1, 0.15) is 5.76 Å². The predicted octanol–water partition coefficient (Wildman–Crippen LogP) is 3.21. The SMILES string of the molecule is NC(CSCc1ccco1)c1ccccc1. The lowest BCUT2D eigenvalue weighted by Crippen LogP contribution is -2.12. The van der Waals surface area contributed by atoms with E-state index >= 15 is 0 Å². The second-order valence-electron chi connectivity index (χ2n) is 3.61. The van der Waals surface area contributed by atoms with E-state index in [0.29, 0.717) is 0 Å². The highest BCUT2D eigenvalue weighted by molar-refractivity contribution is 7.98. The third-order valence-electron chi connectivity index (χ3n) is 2.35. The third kappa shape index (κ3) is 3.15. The Labute approximate surface area is 99.8 Å². The summed E-state index contributed by atoms with van der Waals surface area (Å²) in [6.07, 6.45) is 1.70. The van der Waals surface area contributed by atoms with Crippen LogP contribution in [0, 0.1) is 0 Å². The molecule has 2 nitrogen and oxygen atoms in total. The molecule has 1 aromatic carbocycles. The van der Waals surface area contributed by atoms with Crippen molar-refractivity contribution < 1.29 is 4.42 Å². The van der Waals surface area contributed by atoms with Crippen molar-refractivity contribution in [3.63, 3.8) is 0 Å². The van der Waals surface area contributed by atoms with Gasteiger partial charge in [-0.25, -0.2) is 0 Å². The van der Waals surface area contributed by atoms with Crippen molar-refractivity contribution in [2.24, 2.45) is 5.73 Å². The van der Waals surface area contributed by atoms with Gasteiger partial charge in [0.15, 0.2) is 0 Å². The maximum atomic E-state index is 6.08. The molecule has 0 saturated heterocycles. The summed E-state index contributed by atoms with van der Waals surface area (Å²) in [5, 5.41) is 0. The monoisotopic (exact) mass is 233 g/mol. The molecule has 0 fully saturated rings. The number of thioether (sulfide) groups is 1. The van der Waals surface area contributed by atoms with Gasteiger partial charge in [-0.2, -0.15) is 11.8 Å². The van der Waals surface area contributed by atoms with Crippen LogP contribution in [-0.2, 0) is 5.75 Å². The van der Waals surface area contributed by atoms with E-state index in [-0.39, 0.29) is 6.04 Å². The van der Waals surface area contributed by atoms with Crippen LogP contribution in [0.15, 0.2) is 53.1 Å². The zero-order valence-corrected chi connectivity index (χ0v) is 9.82. The Hall–Kier alpha value is -1.19. The van der Waals surface area contributed by atoms with E-state index in [9.17, 15) is 0 Å². The fourth-order valence-corrected chi connectivity index (χ4v) is 2.41. The van der Waals surface area contributed by atoms with Gasteiger partial charge < -0.3 is 10.2 Å². The maximum absolute atomic E-state index is 6.08. The molecule has 3 heteroatoms. The highest BCUT2D eigenvalue weighted by Gasteiger charge is 2.05. The second kappa shape index (κ2) is 5.77. The molecule has 0 radical (unpaired) electrons. The van der Waals surface area contributed by atoms with E-state index in [2.05, 4.69) is 12.1 Å². The summed E-state index contributed by atoms with van der Waals surface area (Å²) < 4.78 is 5.26. The van der Waals surface area contributed by atoms with Crippen molar-refractivity contribution in [2.45, 2.75) is 11.8 Å². The van der Waals surface area contributed by atoms with Crippen LogP contribution in [0.1, 0.15) is 17.4 Å². The lowest BCUT2D eigenvalue weighted by Gasteiger charge is -2.10. The third-order valence-corrected chi connectivity index (χ3v) is 3.43. The number of hydrogen-bond acceptors (Lipinski definition) is 3. The average molecular weight is 233 g/mol. The average Bonchev–Trinajstić information content (AvgIpc) is 2.83. The lowest BCUT2D eigenvalue weighted by molar-refractivity contribution is 0.530. The van der Waals surface area contributed by atoms with E-state index in [1.165, 1.54) is 5.56 Å². The summed E-state index contributed by atoms with van der Waals surface area (Å²) in [4.78, 5) is 0. The quantitative estimate of drug-likeness (QED) is 0.862. The van der Waals surface area contributed by atoms with E-state index in [1.807, 2.05) is 30.3 Å². The molecule has 2 N–H and O–H groups in total. The molecule has 0 spiro atoms. The van der Waals surface area contributed by atoms with Crippen LogP contribution in [0.4, 0.5) is 0 Å². The minimum absolute atomic E-state index is 0.0983. The molecule has 0 saturated carbocycles. The summed E-state index contributed by atoms with van der Waals surface area (Å²) in [6, 6.07) is 14.2. The molecule has 0 bridgehead atoms. The van der Waals surface area contributed by atoms with Crippen molar-refractivity contribution in [3.8, 4) is 0 Å². The van der Waals surface area contributed by atoms with E-state index in [4.69, 9.17) is 10.2 Å². The summed E-state index contributed by atoms with van der Waals surface area (Å²) in [5.74, 6) is 2.79. The zero-order valence-electron chi connectivity index (χ0n) is 9.00. The first kappa shape index (κ1) is 11.3. The molecule has 84 valence electrons. The van der Waals surface area contributed by atoms with Gasteiger partial charge in [-0.05, 0) is 17.7 Å². The van der Waals surface area contributed by atoms with Crippen LogP contribution in [0.2, 0.25) is 0 Å². The van der Waals surface area contributed by atoms with Crippen LogP contribution in [0.25, 0.3) is 0 Å². The van der Waals surface area contributed by atoms with E-state index in [0.717, 1.165) is 17.3 Å². The summed E-state index contributed by atoms with van der Waals surface area (Å²) in [5.41, 5.74) is 7.27. The number of furan rings is 1. The fourth-order valence-electron chi connectivity index (χ4n) is 1.48. The molecule has 1 unspecified atom stereocenters. The molecule has 0 aliphatic carbocycles. The molecule has 2 rings (SSSR count). The van der Waals surface area contributed by atoms with Crippen LogP contribution in [-0.4, -0.2) is 5.75 Å². The van der Waals surface area contributed by atoms with Crippen LogP contribution in [0.3, 0.4) is 0 Å². The number of benzene rings is 1. The highest BCUT2D eigenvalue weighted by Crippen LogP contribution is 2.19. The topological polar surface area (TPSA) is 39.2 Å². The minimum Gasteiger partial charge on any atom is -0.468 e. The van der Waals surface area contributed by atoms with E-state index in [1.54, 1.807) is 18.0 Å². The number of rotatable bonds is 5. The number of hydrogen-bond donors (Lipinski definition) is 1. The normalized spacial score (nSPS) is 12.6. The van der Waals surface area contributed by atoms with Crippen LogP contribution < -0.4 is 5.73 Å². The Kier molecular flexibility index (Phi) is 4.08. The van der Waals surface area contributed by atoms with Crippen molar-refractivity contribution in [1.29, 1.82) is 0 Å². The minimum atomic E-state index is 0.0983. The Balaban J connectivity index is 1.78. The Bertz CT molecular complexity index is 399. The Morgan fingerprint density at radius 2 is 1.94 bits per heavy atom. The highest BCUT2D eigenvalue weighted by atomic mass is 32.2. The first-order valence-electron chi connectivity index (χ1n) is 5.27. The first-order chi connectivity index (χ1) is 7.86. The summed E-state index contributed by atoms with van der Waals surface area (Å²) in [7, 11) is 0. The van der Waals surface area contributed by atoms with Gasteiger partial charge in [-0.1, -0.05) is 30.3 Å². The Morgan fingerprint density at radius 1 is 1.12 bits per heavy atom. The molecular weight excluding hydrogens is 218 g/mol. The second-order valence-corrected chi connectivity index (χ2v) is 4.64. The zero-order chi connectivity index (χ0) is 11.2. The van der Waals surface area contributed by atoms with Crippen molar-refractivity contribution in [2.75, 3.05) is 5.75 Å². The smallest absolute Gasteiger partial charge is 0.113 e. The van der Waals surface area contributed by atoms with Gasteiger partial charge in [0.2, 0.25) is 0 Å². The predicted molar refractivity (Wildman–Crippen MR) is 68.2 cm³/mol. The number of nitrogens with two attached hydrogens (primary N) is 1. The standard InChI is InChI=1S/C13H15NOS/c14-13(11-5-2-1-3-6-11)10-16-9-12-7-4-8-15-12/h1-8,13H,9-10,14H2. The first-order valence-corrected chi connectivity index (χ1v) is 6.42. The van der Waals surface area contributed by atoms with Crippen molar-refractivity contribution >= 4 is 11.8 Å². The largest absolute Gasteiger partial charge is 0.468 e. The van der Waals surface area contributed by atoms with Crippen molar-refractivity contribution in [1.82, 2.24) is 0 Å². The van der Waals surface area contributed by atoms with Gasteiger partial charge in [-0.15, -0.1) is 0 Å². The van der Waals surface area contributed by atoms with Crippen LogP contribution >= 0.6 is 11.8 Å². The molecule has 2 aromatic rings. The van der Waals surface area contributed by atoms with Crippen LogP contribution in [0.5, 0.6) is 0 Å². The molecule has 1 aromatic heterocycles. The Morgan fingerprint density at radius 3 is 2.62 bits per heavy atom. The summed E-state index contributed by atoms with van der Waals surface area (Å²) in [6.45, 7) is 0. The molecule has 0 aliphatic rings. The van der Waals surface area contributed by atoms with Gasteiger partial charge >= 0.3 is 0 Å². The maximum Gasteiger partial charge on any atom is 0.113 e. The molecular formula is C13H15NOS. The fraction of sp³-hybridized carbons (Fsp3) is 0.231. The van der Waals surface area contributed by atoms with Gasteiger partial charge in [0, 0.05) is 11.8 Å². The van der Waals surface area contributed by atoms with Crippen molar-refractivity contribution in [3.05, 3.63) is 60.1 Å². The van der Waals surface area contributed by atoms with Gasteiger partial charge in [-0.3, -0.25) is 0 Å². The van der Waals surface area contributed by atoms with E-state index < -0.39 is 0 Å². The van der Waals surface area contributed by atoms with Gasteiger partial charge in [0.25, 0.3) is 0 Å².